The average molecular weight is 480 g/mol. The minimum Gasteiger partial charge on any atom is -0.494 e. The van der Waals surface area contributed by atoms with Crippen molar-refractivity contribution >= 4 is 11.7 Å². The first-order valence-electron chi connectivity index (χ1n) is 11.5. The van der Waals surface area contributed by atoms with Gasteiger partial charge in [-0.3, -0.25) is 10.1 Å². The van der Waals surface area contributed by atoms with Gasteiger partial charge in [0.1, 0.15) is 22.8 Å². The van der Waals surface area contributed by atoms with Crippen LogP contribution in [0, 0.1) is 10.1 Å². The molecule has 184 valence electrons. The Bertz CT molecular complexity index is 1100. The van der Waals surface area contributed by atoms with E-state index in [4.69, 9.17) is 18.9 Å². The van der Waals surface area contributed by atoms with Gasteiger partial charge < -0.3 is 18.9 Å². The first-order chi connectivity index (χ1) is 17.1. The number of non-ortho nitro benzene ring substituents is 1. The Morgan fingerprint density at radius 2 is 1.46 bits per heavy atom. The maximum absolute atomic E-state index is 12.0. The molecule has 0 fully saturated rings. The molecule has 8 heteroatoms. The van der Waals surface area contributed by atoms with E-state index in [9.17, 15) is 14.9 Å². The quantitative estimate of drug-likeness (QED) is 0.128. The lowest BCUT2D eigenvalue weighted by Gasteiger charge is -2.13. The average Bonchev–Trinajstić information content (AvgIpc) is 2.89. The first-order valence-corrected chi connectivity index (χ1v) is 11.5. The molecule has 0 heterocycles. The van der Waals surface area contributed by atoms with Crippen molar-refractivity contribution in [3.63, 3.8) is 0 Å². The van der Waals surface area contributed by atoms with Crippen LogP contribution in [0.4, 0.5) is 5.69 Å². The van der Waals surface area contributed by atoms with Crippen molar-refractivity contribution < 1.29 is 28.7 Å². The van der Waals surface area contributed by atoms with Crippen LogP contribution in [0.1, 0.15) is 35.2 Å². The van der Waals surface area contributed by atoms with Crippen LogP contribution in [0.15, 0.2) is 72.8 Å². The zero-order valence-corrected chi connectivity index (χ0v) is 19.7. The maximum Gasteiger partial charge on any atom is 0.341 e. The van der Waals surface area contributed by atoms with Gasteiger partial charge in [0.15, 0.2) is 0 Å². The van der Waals surface area contributed by atoms with Crippen LogP contribution in [-0.2, 0) is 11.2 Å². The lowest BCUT2D eigenvalue weighted by molar-refractivity contribution is -0.384. The Hall–Kier alpha value is -4.07. The highest BCUT2D eigenvalue weighted by Crippen LogP contribution is 2.26. The Balaban J connectivity index is 1.44. The summed E-state index contributed by atoms with van der Waals surface area (Å²) in [5, 5.41) is 11.0. The second-order valence-corrected chi connectivity index (χ2v) is 7.71. The molecule has 0 aliphatic rings. The van der Waals surface area contributed by atoms with E-state index in [0.717, 1.165) is 36.0 Å². The van der Waals surface area contributed by atoms with E-state index in [1.807, 2.05) is 54.6 Å². The van der Waals surface area contributed by atoms with Gasteiger partial charge in [0.2, 0.25) is 0 Å². The monoisotopic (exact) mass is 479 g/mol. The second-order valence-electron chi connectivity index (χ2n) is 7.71. The predicted molar refractivity (Wildman–Crippen MR) is 131 cm³/mol. The third-order valence-corrected chi connectivity index (χ3v) is 5.21. The summed E-state index contributed by atoms with van der Waals surface area (Å²) in [6.45, 7) is 1.56. The lowest BCUT2D eigenvalue weighted by atomic mass is 10.1. The van der Waals surface area contributed by atoms with Crippen molar-refractivity contribution in [2.24, 2.45) is 0 Å². The number of aryl methyl sites for hydroxylation is 1. The molecule has 0 N–H and O–H groups in total. The first kappa shape index (κ1) is 25.6. The topological polar surface area (TPSA) is 97.1 Å². The van der Waals surface area contributed by atoms with Crippen LogP contribution < -0.4 is 14.2 Å². The molecule has 0 amide bonds. The van der Waals surface area contributed by atoms with Crippen molar-refractivity contribution in [2.45, 2.75) is 25.7 Å². The van der Waals surface area contributed by atoms with E-state index < -0.39 is 10.9 Å². The zero-order chi connectivity index (χ0) is 24.9. The number of rotatable bonds is 14. The van der Waals surface area contributed by atoms with E-state index >= 15 is 0 Å². The molecule has 3 aromatic carbocycles. The van der Waals surface area contributed by atoms with Gasteiger partial charge in [0, 0.05) is 12.1 Å². The molecule has 0 aliphatic carbocycles. The summed E-state index contributed by atoms with van der Waals surface area (Å²) in [6, 6.07) is 21.5. The largest absolute Gasteiger partial charge is 0.494 e. The van der Waals surface area contributed by atoms with Crippen molar-refractivity contribution in [1.29, 1.82) is 0 Å². The molecule has 0 spiro atoms. The maximum atomic E-state index is 12.0. The lowest BCUT2D eigenvalue weighted by Crippen LogP contribution is -2.08. The molecule has 0 radical (unpaired) electrons. The molecule has 0 bridgehead atoms. The van der Waals surface area contributed by atoms with E-state index in [1.54, 1.807) is 0 Å². The van der Waals surface area contributed by atoms with E-state index in [-0.39, 0.29) is 17.0 Å². The molecule has 0 aromatic heterocycles. The van der Waals surface area contributed by atoms with Gasteiger partial charge in [0.05, 0.1) is 31.9 Å². The summed E-state index contributed by atoms with van der Waals surface area (Å²) in [5.41, 5.74) is 0.894. The number of unbranched alkanes of at least 4 members (excludes halogenated alkanes) is 1. The van der Waals surface area contributed by atoms with Gasteiger partial charge in [-0.25, -0.2) is 4.79 Å². The van der Waals surface area contributed by atoms with Crippen LogP contribution in [0.5, 0.6) is 17.2 Å². The van der Waals surface area contributed by atoms with Crippen LogP contribution in [0.3, 0.4) is 0 Å². The van der Waals surface area contributed by atoms with Crippen LogP contribution in [-0.4, -0.2) is 37.8 Å². The summed E-state index contributed by atoms with van der Waals surface area (Å²) in [4.78, 5) is 22.4. The number of carbonyl (C=O) groups is 1. The fourth-order valence-corrected chi connectivity index (χ4v) is 3.42. The summed E-state index contributed by atoms with van der Waals surface area (Å²) in [6.07, 6.45) is 3.15. The van der Waals surface area contributed by atoms with E-state index in [0.29, 0.717) is 32.7 Å². The summed E-state index contributed by atoms with van der Waals surface area (Å²) >= 11 is 0. The number of nitrogens with zero attached hydrogens (tertiary/aromatic N) is 1. The van der Waals surface area contributed by atoms with Gasteiger partial charge in [-0.05, 0) is 55.5 Å². The fourth-order valence-electron chi connectivity index (χ4n) is 3.42. The molecule has 3 rings (SSSR count). The van der Waals surface area contributed by atoms with Crippen molar-refractivity contribution in [1.82, 2.24) is 0 Å². The zero-order valence-electron chi connectivity index (χ0n) is 19.7. The molecular weight excluding hydrogens is 450 g/mol. The molecule has 35 heavy (non-hydrogen) atoms. The van der Waals surface area contributed by atoms with Crippen molar-refractivity contribution in [3.05, 3.63) is 94.0 Å². The van der Waals surface area contributed by atoms with E-state index in [2.05, 4.69) is 0 Å². The number of nitro groups is 1. The number of para-hydroxylation sites is 2. The fraction of sp³-hybridized carbons (Fsp3) is 0.296. The summed E-state index contributed by atoms with van der Waals surface area (Å²) < 4.78 is 22.1. The van der Waals surface area contributed by atoms with Gasteiger partial charge in [-0.2, -0.15) is 0 Å². The third kappa shape index (κ3) is 8.03. The van der Waals surface area contributed by atoms with Gasteiger partial charge >= 0.3 is 5.97 Å². The minimum absolute atomic E-state index is 0.0293. The number of nitro benzene ring substituents is 1. The molecule has 0 saturated carbocycles. The molecule has 0 atom stereocenters. The molecule has 3 aromatic rings. The minimum atomic E-state index is -0.684. The Morgan fingerprint density at radius 3 is 2.20 bits per heavy atom. The third-order valence-electron chi connectivity index (χ3n) is 5.21. The van der Waals surface area contributed by atoms with Crippen LogP contribution in [0.2, 0.25) is 0 Å². The van der Waals surface area contributed by atoms with Gasteiger partial charge in [-0.1, -0.05) is 36.4 Å². The highest BCUT2D eigenvalue weighted by molar-refractivity contribution is 5.93. The van der Waals surface area contributed by atoms with Crippen molar-refractivity contribution in [2.75, 3.05) is 26.9 Å². The SMILES string of the molecule is COC(=O)c1cc([N+](=O)[O-])ccc1OCCCc1ccccc1OCCCCOc1ccccc1. The van der Waals surface area contributed by atoms with Crippen molar-refractivity contribution in [3.8, 4) is 17.2 Å². The number of esters is 1. The van der Waals surface area contributed by atoms with Gasteiger partial charge in [-0.15, -0.1) is 0 Å². The Kier molecular flexibility index (Phi) is 9.92. The molecule has 0 aliphatic heterocycles. The van der Waals surface area contributed by atoms with Crippen LogP contribution >= 0.6 is 0 Å². The number of hydrogen-bond donors (Lipinski definition) is 0. The number of ether oxygens (including phenoxy) is 4. The molecule has 0 unspecified atom stereocenters. The molecule has 8 nitrogen and oxygen atoms in total. The molecule has 0 saturated heterocycles. The second kappa shape index (κ2) is 13.6. The predicted octanol–water partition coefficient (Wildman–Crippen LogP) is 5.63. The van der Waals surface area contributed by atoms with Gasteiger partial charge in [0.25, 0.3) is 5.69 Å². The normalized spacial score (nSPS) is 10.4. The number of carbonyl (C=O) groups excluding carboxylic acids is 1. The molecular formula is C27H29NO7. The van der Waals surface area contributed by atoms with Crippen LogP contribution in [0.25, 0.3) is 0 Å². The Morgan fingerprint density at radius 1 is 0.800 bits per heavy atom. The number of benzene rings is 3. The smallest absolute Gasteiger partial charge is 0.341 e. The summed E-state index contributed by atoms with van der Waals surface area (Å²) in [7, 11) is 1.22. The number of hydrogen-bond acceptors (Lipinski definition) is 7. The number of methoxy groups -OCH3 is 1. The highest BCUT2D eigenvalue weighted by atomic mass is 16.6. The Labute approximate surface area is 204 Å². The standard InChI is InChI=1S/C27H29NO7/c1-32-27(29)24-20-22(28(30)31)15-16-26(24)35-19-9-11-21-10-5-6-14-25(21)34-18-8-7-17-33-23-12-3-2-4-13-23/h2-6,10,12-16,20H,7-9,11,17-19H2,1H3. The highest BCUT2D eigenvalue weighted by Gasteiger charge is 2.18. The summed E-state index contributed by atoms with van der Waals surface area (Å²) in [5.74, 6) is 1.27. The van der Waals surface area contributed by atoms with E-state index in [1.165, 1.54) is 19.2 Å².